The molecule has 1 heterocycles. The first kappa shape index (κ1) is 13.3. The van der Waals surface area contributed by atoms with Crippen LogP contribution in [0.2, 0.25) is 0 Å². The lowest BCUT2D eigenvalue weighted by atomic mass is 10.2. The molecule has 5 heteroatoms. The van der Waals surface area contributed by atoms with Crippen molar-refractivity contribution in [3.05, 3.63) is 35.2 Å². The topological polar surface area (TPSA) is 59.2 Å². The van der Waals surface area contributed by atoms with Crippen molar-refractivity contribution in [2.24, 2.45) is 0 Å². The summed E-state index contributed by atoms with van der Waals surface area (Å²) >= 11 is 0. The van der Waals surface area contributed by atoms with E-state index in [4.69, 9.17) is 9.47 Å². The molecule has 2 rings (SSSR count). The van der Waals surface area contributed by atoms with Crippen LogP contribution >= 0.6 is 0 Å². The van der Waals surface area contributed by atoms with Crippen LogP contribution in [0.3, 0.4) is 0 Å². The van der Waals surface area contributed by atoms with Crippen molar-refractivity contribution in [2.75, 3.05) is 19.5 Å². The summed E-state index contributed by atoms with van der Waals surface area (Å²) in [6.07, 6.45) is 0. The summed E-state index contributed by atoms with van der Waals surface area (Å²) in [4.78, 5) is 0. The molecule has 5 nitrogen and oxygen atoms in total. The summed E-state index contributed by atoms with van der Waals surface area (Å²) in [5.74, 6) is 1.48. The number of benzene rings is 1. The van der Waals surface area contributed by atoms with E-state index in [-0.39, 0.29) is 0 Å². The van der Waals surface area contributed by atoms with E-state index in [0.717, 1.165) is 34.1 Å². The van der Waals surface area contributed by atoms with Crippen LogP contribution in [0.25, 0.3) is 0 Å². The number of aromatic amines is 1. The van der Waals surface area contributed by atoms with Crippen molar-refractivity contribution >= 4 is 5.69 Å². The van der Waals surface area contributed by atoms with Gasteiger partial charge < -0.3 is 14.8 Å². The molecule has 0 saturated heterocycles. The van der Waals surface area contributed by atoms with E-state index in [0.29, 0.717) is 6.54 Å². The zero-order chi connectivity index (χ0) is 13.8. The molecule has 1 aromatic heterocycles. The molecule has 0 amide bonds. The fourth-order valence-corrected chi connectivity index (χ4v) is 1.99. The Kier molecular flexibility index (Phi) is 3.94. The van der Waals surface area contributed by atoms with Crippen LogP contribution in [0.1, 0.15) is 17.0 Å². The number of aromatic nitrogens is 2. The summed E-state index contributed by atoms with van der Waals surface area (Å²) in [6, 6.07) is 5.89. The van der Waals surface area contributed by atoms with Gasteiger partial charge in [-0.3, -0.25) is 5.10 Å². The van der Waals surface area contributed by atoms with E-state index in [1.165, 1.54) is 0 Å². The molecular weight excluding hydrogens is 242 g/mol. The first-order valence-corrected chi connectivity index (χ1v) is 6.12. The normalized spacial score (nSPS) is 10.3. The van der Waals surface area contributed by atoms with Gasteiger partial charge in [-0.05, 0) is 31.5 Å². The second-order valence-electron chi connectivity index (χ2n) is 4.35. The molecule has 0 spiro atoms. The Labute approximate surface area is 112 Å². The lowest BCUT2D eigenvalue weighted by Crippen LogP contribution is -2.02. The Morgan fingerprint density at radius 1 is 1.16 bits per heavy atom. The van der Waals surface area contributed by atoms with Crippen molar-refractivity contribution in [2.45, 2.75) is 20.4 Å². The third-order valence-electron chi connectivity index (χ3n) is 3.05. The van der Waals surface area contributed by atoms with E-state index in [1.807, 2.05) is 32.0 Å². The van der Waals surface area contributed by atoms with Crippen molar-refractivity contribution in [1.82, 2.24) is 10.2 Å². The van der Waals surface area contributed by atoms with Gasteiger partial charge in [0.2, 0.25) is 0 Å². The van der Waals surface area contributed by atoms with Gasteiger partial charge in [0.1, 0.15) is 0 Å². The lowest BCUT2D eigenvalue weighted by molar-refractivity contribution is 0.354. The SMILES string of the molecule is COc1ccc(CNc2c(C)n[nH]c2C)cc1OC. The third-order valence-corrected chi connectivity index (χ3v) is 3.05. The second-order valence-corrected chi connectivity index (χ2v) is 4.35. The standard InChI is InChI=1S/C14H19N3O2/c1-9-14(10(2)17-16-9)15-8-11-5-6-12(18-3)13(7-11)19-4/h5-7,15H,8H2,1-4H3,(H,16,17). The maximum Gasteiger partial charge on any atom is 0.161 e. The molecule has 0 aliphatic carbocycles. The zero-order valence-electron chi connectivity index (χ0n) is 11.7. The largest absolute Gasteiger partial charge is 0.493 e. The van der Waals surface area contributed by atoms with Gasteiger partial charge >= 0.3 is 0 Å². The Morgan fingerprint density at radius 2 is 1.89 bits per heavy atom. The minimum atomic E-state index is 0.710. The van der Waals surface area contributed by atoms with E-state index >= 15 is 0 Å². The monoisotopic (exact) mass is 261 g/mol. The van der Waals surface area contributed by atoms with Gasteiger partial charge in [0, 0.05) is 6.54 Å². The molecule has 2 N–H and O–H groups in total. The molecular formula is C14H19N3O2. The van der Waals surface area contributed by atoms with Crippen LogP contribution in [0, 0.1) is 13.8 Å². The highest BCUT2D eigenvalue weighted by Gasteiger charge is 2.07. The number of ether oxygens (including phenoxy) is 2. The number of hydrogen-bond donors (Lipinski definition) is 2. The molecule has 0 radical (unpaired) electrons. The number of aryl methyl sites for hydroxylation is 2. The van der Waals surface area contributed by atoms with Crippen molar-refractivity contribution in [1.29, 1.82) is 0 Å². The number of anilines is 1. The molecule has 102 valence electrons. The Hall–Kier alpha value is -2.17. The molecule has 0 saturated carbocycles. The van der Waals surface area contributed by atoms with E-state index in [2.05, 4.69) is 15.5 Å². The minimum Gasteiger partial charge on any atom is -0.493 e. The molecule has 1 aromatic carbocycles. The molecule has 0 fully saturated rings. The predicted molar refractivity (Wildman–Crippen MR) is 74.9 cm³/mol. The van der Waals surface area contributed by atoms with E-state index in [1.54, 1.807) is 14.2 Å². The predicted octanol–water partition coefficient (Wildman–Crippen LogP) is 2.66. The van der Waals surface area contributed by atoms with Gasteiger partial charge in [-0.15, -0.1) is 0 Å². The average molecular weight is 261 g/mol. The lowest BCUT2D eigenvalue weighted by Gasteiger charge is -2.11. The van der Waals surface area contributed by atoms with E-state index < -0.39 is 0 Å². The highest BCUT2D eigenvalue weighted by Crippen LogP contribution is 2.28. The van der Waals surface area contributed by atoms with Crippen molar-refractivity contribution in [3.8, 4) is 11.5 Å². The summed E-state index contributed by atoms with van der Waals surface area (Å²) < 4.78 is 10.5. The Morgan fingerprint density at radius 3 is 2.47 bits per heavy atom. The number of methoxy groups -OCH3 is 2. The molecule has 19 heavy (non-hydrogen) atoms. The minimum absolute atomic E-state index is 0.710. The quantitative estimate of drug-likeness (QED) is 0.868. The number of H-pyrrole nitrogens is 1. The second kappa shape index (κ2) is 5.65. The summed E-state index contributed by atoms with van der Waals surface area (Å²) in [6.45, 7) is 4.68. The molecule has 0 aliphatic rings. The van der Waals surface area contributed by atoms with Gasteiger partial charge in [-0.1, -0.05) is 6.07 Å². The summed E-state index contributed by atoms with van der Waals surface area (Å²) in [5, 5.41) is 10.5. The van der Waals surface area contributed by atoms with Gasteiger partial charge in [-0.25, -0.2) is 0 Å². The maximum absolute atomic E-state index is 5.29. The van der Waals surface area contributed by atoms with Crippen LogP contribution in [0.15, 0.2) is 18.2 Å². The van der Waals surface area contributed by atoms with E-state index in [9.17, 15) is 0 Å². The fraction of sp³-hybridized carbons (Fsp3) is 0.357. The Bertz CT molecular complexity index is 544. The van der Waals surface area contributed by atoms with Crippen LogP contribution in [-0.4, -0.2) is 24.4 Å². The molecule has 0 aliphatic heterocycles. The van der Waals surface area contributed by atoms with Gasteiger partial charge in [0.05, 0.1) is 31.3 Å². The number of nitrogens with zero attached hydrogens (tertiary/aromatic N) is 1. The first-order valence-electron chi connectivity index (χ1n) is 6.12. The number of hydrogen-bond acceptors (Lipinski definition) is 4. The highest BCUT2D eigenvalue weighted by molar-refractivity contribution is 5.52. The average Bonchev–Trinajstić information content (AvgIpc) is 2.75. The van der Waals surface area contributed by atoms with Gasteiger partial charge in [0.15, 0.2) is 11.5 Å². The maximum atomic E-state index is 5.29. The third kappa shape index (κ3) is 2.81. The molecule has 0 bridgehead atoms. The number of nitrogens with one attached hydrogen (secondary N) is 2. The Balaban J connectivity index is 2.12. The van der Waals surface area contributed by atoms with Gasteiger partial charge in [0.25, 0.3) is 0 Å². The molecule has 0 unspecified atom stereocenters. The fourth-order valence-electron chi connectivity index (χ4n) is 1.99. The summed E-state index contributed by atoms with van der Waals surface area (Å²) in [7, 11) is 3.27. The smallest absolute Gasteiger partial charge is 0.161 e. The molecule has 2 aromatic rings. The van der Waals surface area contributed by atoms with Crippen LogP contribution in [0.5, 0.6) is 11.5 Å². The zero-order valence-corrected chi connectivity index (χ0v) is 11.7. The van der Waals surface area contributed by atoms with Crippen molar-refractivity contribution < 1.29 is 9.47 Å². The van der Waals surface area contributed by atoms with Crippen LogP contribution < -0.4 is 14.8 Å². The van der Waals surface area contributed by atoms with Crippen molar-refractivity contribution in [3.63, 3.8) is 0 Å². The highest BCUT2D eigenvalue weighted by atomic mass is 16.5. The van der Waals surface area contributed by atoms with Crippen LogP contribution in [-0.2, 0) is 6.54 Å². The van der Waals surface area contributed by atoms with Gasteiger partial charge in [-0.2, -0.15) is 5.10 Å². The molecule has 0 atom stereocenters. The first-order chi connectivity index (χ1) is 9.15. The van der Waals surface area contributed by atoms with Crippen LogP contribution in [0.4, 0.5) is 5.69 Å². The number of rotatable bonds is 5. The summed E-state index contributed by atoms with van der Waals surface area (Å²) in [5.41, 5.74) is 4.18.